The summed E-state index contributed by atoms with van der Waals surface area (Å²) in [4.78, 5) is 0. The molecule has 9 heavy (non-hydrogen) atoms. The van der Waals surface area contributed by atoms with Gasteiger partial charge in [-0.1, -0.05) is 0 Å². The topological polar surface area (TPSA) is 27.1 Å². The molecular formula is C5H7BrN2O. The van der Waals surface area contributed by atoms with Crippen LogP contribution in [0.25, 0.3) is 0 Å². The lowest BCUT2D eigenvalue weighted by atomic mass is 10.7. The molecule has 0 fully saturated rings. The van der Waals surface area contributed by atoms with Crippen LogP contribution in [0, 0.1) is 0 Å². The fourth-order valence-corrected chi connectivity index (χ4v) is 0.869. The summed E-state index contributed by atoms with van der Waals surface area (Å²) in [7, 11) is 1.63. The number of hydrogen-bond donors (Lipinski definition) is 0. The average Bonchev–Trinajstić information content (AvgIpc) is 2.17. The Labute approximate surface area is 61.7 Å². The summed E-state index contributed by atoms with van der Waals surface area (Å²) >= 11 is 3.26. The number of methoxy groups -OCH3 is 1. The molecule has 1 aromatic rings. The minimum atomic E-state index is 0.506. The normalized spacial score (nSPS) is 10.0. The maximum Gasteiger partial charge on any atom is 0.138 e. The van der Waals surface area contributed by atoms with Gasteiger partial charge in [-0.3, -0.25) is 0 Å². The summed E-state index contributed by atoms with van der Waals surface area (Å²) in [5, 5.41) is 3.95. The van der Waals surface area contributed by atoms with E-state index in [9.17, 15) is 0 Å². The zero-order valence-corrected chi connectivity index (χ0v) is 6.63. The van der Waals surface area contributed by atoms with Crippen LogP contribution in [0.5, 0.6) is 0 Å². The molecule has 0 atom stereocenters. The number of hydrogen-bond acceptors (Lipinski definition) is 2. The van der Waals surface area contributed by atoms with Crippen LogP contribution >= 0.6 is 15.9 Å². The third-order valence-electron chi connectivity index (χ3n) is 0.863. The first-order valence-electron chi connectivity index (χ1n) is 2.50. The van der Waals surface area contributed by atoms with Gasteiger partial charge in [0.2, 0.25) is 0 Å². The predicted molar refractivity (Wildman–Crippen MR) is 36.9 cm³/mol. The van der Waals surface area contributed by atoms with Gasteiger partial charge < -0.3 is 4.74 Å². The largest absolute Gasteiger partial charge is 0.362 e. The predicted octanol–water partition coefficient (Wildman–Crippen LogP) is 1.25. The molecule has 0 saturated carbocycles. The van der Waals surface area contributed by atoms with Crippen molar-refractivity contribution in [3.63, 3.8) is 0 Å². The third kappa shape index (κ3) is 1.80. The first-order chi connectivity index (χ1) is 4.33. The van der Waals surface area contributed by atoms with E-state index in [1.54, 1.807) is 18.0 Å². The van der Waals surface area contributed by atoms with Crippen molar-refractivity contribution in [1.29, 1.82) is 0 Å². The zero-order valence-electron chi connectivity index (χ0n) is 5.04. The Morgan fingerprint density at radius 2 is 2.67 bits per heavy atom. The molecule has 0 bridgehead atoms. The average molecular weight is 191 g/mol. The second kappa shape index (κ2) is 2.98. The Bertz CT molecular complexity index is 187. The van der Waals surface area contributed by atoms with Crippen LogP contribution in [0.4, 0.5) is 0 Å². The highest BCUT2D eigenvalue weighted by molar-refractivity contribution is 9.10. The van der Waals surface area contributed by atoms with Crippen LogP contribution in [0.1, 0.15) is 0 Å². The van der Waals surface area contributed by atoms with Crippen molar-refractivity contribution in [2.75, 3.05) is 7.11 Å². The molecule has 0 spiro atoms. The number of halogens is 1. The quantitative estimate of drug-likeness (QED) is 0.703. The summed E-state index contributed by atoms with van der Waals surface area (Å²) in [6.45, 7) is 0.506. The second-order valence-corrected chi connectivity index (χ2v) is 2.53. The van der Waals surface area contributed by atoms with E-state index in [0.29, 0.717) is 6.73 Å². The number of ether oxygens (including phenoxy) is 1. The van der Waals surface area contributed by atoms with E-state index in [2.05, 4.69) is 21.0 Å². The fraction of sp³-hybridized carbons (Fsp3) is 0.400. The van der Waals surface area contributed by atoms with Crippen molar-refractivity contribution in [2.45, 2.75) is 6.73 Å². The molecule has 0 unspecified atom stereocenters. The number of rotatable bonds is 2. The van der Waals surface area contributed by atoms with Crippen molar-refractivity contribution in [1.82, 2.24) is 9.78 Å². The Balaban J connectivity index is 2.61. The van der Waals surface area contributed by atoms with E-state index in [-0.39, 0.29) is 0 Å². The van der Waals surface area contributed by atoms with Crippen molar-refractivity contribution < 1.29 is 4.74 Å². The smallest absolute Gasteiger partial charge is 0.138 e. The lowest BCUT2D eigenvalue weighted by molar-refractivity contribution is 0.120. The van der Waals surface area contributed by atoms with Crippen LogP contribution in [0.2, 0.25) is 0 Å². The van der Waals surface area contributed by atoms with Crippen LogP contribution in [0.3, 0.4) is 0 Å². The van der Waals surface area contributed by atoms with E-state index >= 15 is 0 Å². The summed E-state index contributed by atoms with van der Waals surface area (Å²) in [6, 6.07) is 0. The maximum atomic E-state index is 4.82. The van der Waals surface area contributed by atoms with Gasteiger partial charge in [0.05, 0.1) is 10.7 Å². The van der Waals surface area contributed by atoms with Crippen LogP contribution in [0.15, 0.2) is 16.9 Å². The first-order valence-corrected chi connectivity index (χ1v) is 3.29. The standard InChI is InChI=1S/C5H7BrN2O/c1-9-4-8-3-5(6)2-7-8/h2-3H,4H2,1H3. The van der Waals surface area contributed by atoms with Gasteiger partial charge in [-0.2, -0.15) is 5.10 Å². The minimum absolute atomic E-state index is 0.506. The molecule has 0 aliphatic heterocycles. The van der Waals surface area contributed by atoms with E-state index in [4.69, 9.17) is 4.74 Å². The monoisotopic (exact) mass is 190 g/mol. The highest BCUT2D eigenvalue weighted by Crippen LogP contribution is 2.05. The molecule has 0 radical (unpaired) electrons. The van der Waals surface area contributed by atoms with Gasteiger partial charge in [0.25, 0.3) is 0 Å². The molecule has 3 nitrogen and oxygen atoms in total. The Morgan fingerprint density at radius 3 is 3.11 bits per heavy atom. The van der Waals surface area contributed by atoms with Crippen LogP contribution in [-0.4, -0.2) is 16.9 Å². The lowest BCUT2D eigenvalue weighted by Crippen LogP contribution is -1.98. The molecular weight excluding hydrogens is 184 g/mol. The van der Waals surface area contributed by atoms with E-state index in [1.807, 2.05) is 6.20 Å². The van der Waals surface area contributed by atoms with Crippen LogP contribution in [-0.2, 0) is 11.5 Å². The van der Waals surface area contributed by atoms with Gasteiger partial charge in [-0.25, -0.2) is 4.68 Å². The fourth-order valence-electron chi connectivity index (χ4n) is 0.541. The minimum Gasteiger partial charge on any atom is -0.362 e. The molecule has 50 valence electrons. The van der Waals surface area contributed by atoms with Crippen molar-refractivity contribution in [3.05, 3.63) is 16.9 Å². The summed E-state index contributed by atoms with van der Waals surface area (Å²) in [5.41, 5.74) is 0. The molecule has 1 rings (SSSR count). The van der Waals surface area contributed by atoms with E-state index in [1.165, 1.54) is 0 Å². The van der Waals surface area contributed by atoms with Gasteiger partial charge in [-0.05, 0) is 15.9 Å². The maximum absolute atomic E-state index is 4.82. The van der Waals surface area contributed by atoms with Gasteiger partial charge in [0, 0.05) is 13.3 Å². The molecule has 0 amide bonds. The van der Waals surface area contributed by atoms with Crippen molar-refractivity contribution in [2.24, 2.45) is 0 Å². The molecule has 0 aromatic carbocycles. The van der Waals surface area contributed by atoms with Gasteiger partial charge in [0.1, 0.15) is 6.73 Å². The highest BCUT2D eigenvalue weighted by atomic mass is 79.9. The third-order valence-corrected chi connectivity index (χ3v) is 1.27. The molecule has 0 aliphatic carbocycles. The van der Waals surface area contributed by atoms with Gasteiger partial charge >= 0.3 is 0 Å². The zero-order chi connectivity index (χ0) is 6.69. The van der Waals surface area contributed by atoms with Gasteiger partial charge in [0.15, 0.2) is 0 Å². The Morgan fingerprint density at radius 1 is 1.89 bits per heavy atom. The van der Waals surface area contributed by atoms with Crippen molar-refractivity contribution in [3.8, 4) is 0 Å². The summed E-state index contributed by atoms with van der Waals surface area (Å²) in [5.74, 6) is 0. The molecule has 4 heteroatoms. The molecule has 1 aromatic heterocycles. The number of nitrogens with zero attached hydrogens (tertiary/aromatic N) is 2. The Hall–Kier alpha value is -0.350. The molecule has 0 aliphatic rings. The number of aromatic nitrogens is 2. The lowest BCUT2D eigenvalue weighted by Gasteiger charge is -1.94. The molecule has 0 N–H and O–H groups in total. The highest BCUT2D eigenvalue weighted by Gasteiger charge is 1.90. The van der Waals surface area contributed by atoms with E-state index < -0.39 is 0 Å². The Kier molecular flexibility index (Phi) is 2.24. The first kappa shape index (κ1) is 6.77. The van der Waals surface area contributed by atoms with E-state index in [0.717, 1.165) is 4.47 Å². The molecule has 1 heterocycles. The molecule has 0 saturated heterocycles. The SMILES string of the molecule is COCn1cc(Br)cn1. The van der Waals surface area contributed by atoms with Gasteiger partial charge in [-0.15, -0.1) is 0 Å². The second-order valence-electron chi connectivity index (χ2n) is 1.62. The summed E-state index contributed by atoms with van der Waals surface area (Å²) in [6.07, 6.45) is 3.57. The summed E-state index contributed by atoms with van der Waals surface area (Å²) < 4.78 is 7.49. The van der Waals surface area contributed by atoms with Crippen LogP contribution < -0.4 is 0 Å². The van der Waals surface area contributed by atoms with Crippen molar-refractivity contribution >= 4 is 15.9 Å².